The number of amides is 1. The molecule has 0 heterocycles. The zero-order chi connectivity index (χ0) is 25.3. The van der Waals surface area contributed by atoms with Gasteiger partial charge in [0.15, 0.2) is 0 Å². The molecular weight excluding hydrogens is 527 g/mol. The Morgan fingerprint density at radius 2 is 1.69 bits per heavy atom. The first-order valence-corrected chi connectivity index (χ1v) is 14.2. The third kappa shape index (κ3) is 7.80. The number of halogens is 2. The molecule has 0 atom stereocenters. The lowest BCUT2D eigenvalue weighted by molar-refractivity contribution is -0.119. The Kier molecular flexibility index (Phi) is 10.2. The number of hydrogen-bond acceptors (Lipinski definition) is 5. The maximum atomic E-state index is 13.5. The van der Waals surface area contributed by atoms with Crippen LogP contribution in [0.2, 0.25) is 10.0 Å². The van der Waals surface area contributed by atoms with Gasteiger partial charge in [0, 0.05) is 22.3 Å². The number of nitrogens with zero attached hydrogens (tertiary/aromatic N) is 1. The molecule has 0 aromatic heterocycles. The normalized spacial score (nSPS) is 11.2. The molecule has 10 heteroatoms. The van der Waals surface area contributed by atoms with Gasteiger partial charge in [0.25, 0.3) is 10.0 Å². The summed E-state index contributed by atoms with van der Waals surface area (Å²) in [5.74, 6) is 1.56. The van der Waals surface area contributed by atoms with Crippen LogP contribution in [0.1, 0.15) is 12.0 Å². The highest BCUT2D eigenvalue weighted by atomic mass is 35.5. The van der Waals surface area contributed by atoms with Crippen molar-refractivity contribution in [2.24, 2.45) is 0 Å². The first-order valence-electron chi connectivity index (χ1n) is 10.8. The van der Waals surface area contributed by atoms with Crippen LogP contribution >= 0.6 is 35.0 Å². The van der Waals surface area contributed by atoms with E-state index in [0.717, 1.165) is 22.2 Å². The summed E-state index contributed by atoms with van der Waals surface area (Å²) in [4.78, 5) is 12.8. The number of ether oxygens (including phenoxy) is 1. The maximum Gasteiger partial charge on any atom is 0.264 e. The number of nitrogens with one attached hydrogen (secondary N) is 1. The molecule has 0 unspecified atom stereocenters. The molecule has 0 saturated carbocycles. The summed E-state index contributed by atoms with van der Waals surface area (Å²) in [5.41, 5.74) is 1.37. The van der Waals surface area contributed by atoms with Crippen LogP contribution in [0.25, 0.3) is 0 Å². The van der Waals surface area contributed by atoms with E-state index in [4.69, 9.17) is 27.9 Å². The molecule has 0 aliphatic rings. The number of anilines is 1. The lowest BCUT2D eigenvalue weighted by Crippen LogP contribution is -2.41. The summed E-state index contributed by atoms with van der Waals surface area (Å²) in [5, 5.41) is 3.85. The van der Waals surface area contributed by atoms with Gasteiger partial charge in [0.05, 0.1) is 17.7 Å². The Bertz CT molecular complexity index is 1220. The van der Waals surface area contributed by atoms with Crippen molar-refractivity contribution in [3.8, 4) is 5.75 Å². The standard InChI is InChI=1S/C25H26Cl2N2O4S2/c1-33-24-13-12-21(27)16-23(24)29(35(31,32)22-6-3-2-4-7-22)17-25(30)28-14-5-15-34-18-19-8-10-20(26)11-9-19/h2-4,6-13,16H,5,14-15,17-18H2,1H3,(H,28,30). The second kappa shape index (κ2) is 13.1. The SMILES string of the molecule is COc1ccc(Cl)cc1N(CC(=O)NCCCSCc1ccc(Cl)cc1)S(=O)(=O)c1ccccc1. The molecule has 6 nitrogen and oxygen atoms in total. The molecule has 3 aromatic rings. The number of methoxy groups -OCH3 is 1. The Morgan fingerprint density at radius 3 is 2.37 bits per heavy atom. The van der Waals surface area contributed by atoms with Crippen LogP contribution in [-0.4, -0.2) is 40.3 Å². The van der Waals surface area contributed by atoms with Gasteiger partial charge < -0.3 is 10.1 Å². The Labute approximate surface area is 220 Å². The lowest BCUT2D eigenvalue weighted by atomic mass is 10.2. The molecule has 0 fully saturated rings. The quantitative estimate of drug-likeness (QED) is 0.294. The highest BCUT2D eigenvalue weighted by molar-refractivity contribution is 7.98. The first kappa shape index (κ1) is 27.2. The van der Waals surface area contributed by atoms with Crippen molar-refractivity contribution >= 4 is 56.6 Å². The van der Waals surface area contributed by atoms with E-state index in [-0.39, 0.29) is 10.6 Å². The Morgan fingerprint density at radius 1 is 1.00 bits per heavy atom. The van der Waals surface area contributed by atoms with Crippen LogP contribution in [-0.2, 0) is 20.6 Å². The van der Waals surface area contributed by atoms with Crippen molar-refractivity contribution < 1.29 is 17.9 Å². The van der Waals surface area contributed by atoms with Gasteiger partial charge in [0.1, 0.15) is 12.3 Å². The van der Waals surface area contributed by atoms with Crippen molar-refractivity contribution in [2.45, 2.75) is 17.1 Å². The van der Waals surface area contributed by atoms with E-state index in [1.807, 2.05) is 24.3 Å². The van der Waals surface area contributed by atoms with E-state index in [2.05, 4.69) is 5.32 Å². The number of thioether (sulfide) groups is 1. The van der Waals surface area contributed by atoms with Crippen molar-refractivity contribution in [3.05, 3.63) is 88.4 Å². The molecule has 1 amide bonds. The number of carbonyl (C=O) groups is 1. The molecule has 0 aliphatic carbocycles. The minimum atomic E-state index is -4.05. The minimum Gasteiger partial charge on any atom is -0.495 e. The monoisotopic (exact) mass is 552 g/mol. The summed E-state index contributed by atoms with van der Waals surface area (Å²) in [6.45, 7) is 0.0181. The van der Waals surface area contributed by atoms with Crippen molar-refractivity contribution in [1.82, 2.24) is 5.32 Å². The van der Waals surface area contributed by atoms with E-state index in [9.17, 15) is 13.2 Å². The molecule has 0 saturated heterocycles. The highest BCUT2D eigenvalue weighted by Crippen LogP contribution is 2.34. The molecule has 1 N–H and O–H groups in total. The lowest BCUT2D eigenvalue weighted by Gasteiger charge is -2.25. The summed E-state index contributed by atoms with van der Waals surface area (Å²) in [6.07, 6.45) is 0.746. The first-order chi connectivity index (χ1) is 16.8. The van der Waals surface area contributed by atoms with E-state index in [1.54, 1.807) is 42.1 Å². The van der Waals surface area contributed by atoms with Gasteiger partial charge in [-0.1, -0.05) is 53.5 Å². The van der Waals surface area contributed by atoms with E-state index in [0.29, 0.717) is 22.3 Å². The predicted octanol–water partition coefficient (Wildman–Crippen LogP) is 5.64. The summed E-state index contributed by atoms with van der Waals surface area (Å²) >= 11 is 13.8. The van der Waals surface area contributed by atoms with Gasteiger partial charge in [-0.2, -0.15) is 11.8 Å². The van der Waals surface area contributed by atoms with Crippen LogP contribution in [0.5, 0.6) is 5.75 Å². The molecule has 0 spiro atoms. The second-order valence-corrected chi connectivity index (χ2v) is 11.4. The van der Waals surface area contributed by atoms with E-state index >= 15 is 0 Å². The van der Waals surface area contributed by atoms with Crippen molar-refractivity contribution in [3.63, 3.8) is 0 Å². The predicted molar refractivity (Wildman–Crippen MR) is 144 cm³/mol. The van der Waals surface area contributed by atoms with Crippen molar-refractivity contribution in [2.75, 3.05) is 30.3 Å². The molecule has 186 valence electrons. The van der Waals surface area contributed by atoms with Gasteiger partial charge in [-0.3, -0.25) is 9.10 Å². The number of rotatable bonds is 12. The third-order valence-corrected chi connectivity index (χ3v) is 8.37. The average molecular weight is 554 g/mol. The molecule has 3 rings (SSSR count). The molecule has 0 aliphatic heterocycles. The molecule has 35 heavy (non-hydrogen) atoms. The maximum absolute atomic E-state index is 13.5. The van der Waals surface area contributed by atoms with Gasteiger partial charge >= 0.3 is 0 Å². The Hall–Kier alpha value is -2.39. The fraction of sp³-hybridized carbons (Fsp3) is 0.240. The fourth-order valence-corrected chi connectivity index (χ4v) is 5.89. The smallest absolute Gasteiger partial charge is 0.264 e. The zero-order valence-electron chi connectivity index (χ0n) is 19.1. The molecule has 3 aromatic carbocycles. The van der Waals surface area contributed by atoms with E-state index in [1.165, 1.54) is 30.9 Å². The van der Waals surface area contributed by atoms with Crippen molar-refractivity contribution in [1.29, 1.82) is 0 Å². The van der Waals surface area contributed by atoms with Crippen LogP contribution < -0.4 is 14.4 Å². The Balaban J connectivity index is 1.64. The molecule has 0 bridgehead atoms. The average Bonchev–Trinajstić information content (AvgIpc) is 2.86. The summed E-state index contributed by atoms with van der Waals surface area (Å²) in [6, 6.07) is 20.3. The largest absolute Gasteiger partial charge is 0.495 e. The van der Waals surface area contributed by atoms with E-state index < -0.39 is 22.5 Å². The van der Waals surface area contributed by atoms with Crippen LogP contribution in [0, 0.1) is 0 Å². The fourth-order valence-electron chi connectivity index (χ4n) is 3.24. The number of benzene rings is 3. The number of carbonyl (C=O) groups excluding carboxylic acids is 1. The summed E-state index contributed by atoms with van der Waals surface area (Å²) in [7, 11) is -2.62. The van der Waals surface area contributed by atoms with Gasteiger partial charge in [0.2, 0.25) is 5.91 Å². The summed E-state index contributed by atoms with van der Waals surface area (Å²) < 4.78 is 33.3. The number of hydrogen-bond donors (Lipinski definition) is 1. The van der Waals surface area contributed by atoms with Crippen LogP contribution in [0.3, 0.4) is 0 Å². The minimum absolute atomic E-state index is 0.0634. The number of sulfonamides is 1. The van der Waals surface area contributed by atoms with Crippen LogP contribution in [0.15, 0.2) is 77.7 Å². The van der Waals surface area contributed by atoms with Gasteiger partial charge in [-0.25, -0.2) is 8.42 Å². The molecule has 0 radical (unpaired) electrons. The van der Waals surface area contributed by atoms with Crippen LogP contribution in [0.4, 0.5) is 5.69 Å². The topological polar surface area (TPSA) is 75.7 Å². The highest BCUT2D eigenvalue weighted by Gasteiger charge is 2.29. The van der Waals surface area contributed by atoms with Gasteiger partial charge in [-0.05, 0) is 60.2 Å². The third-order valence-electron chi connectivity index (χ3n) is 5.00. The van der Waals surface area contributed by atoms with Gasteiger partial charge in [-0.15, -0.1) is 0 Å². The zero-order valence-corrected chi connectivity index (χ0v) is 22.3. The second-order valence-electron chi connectivity index (χ2n) is 7.52. The molecular formula is C25H26Cl2N2O4S2.